The normalized spacial score (nSPS) is 16.8. The first kappa shape index (κ1) is 35.2. The fraction of sp³-hybridized carbons (Fsp3) is 0.256. The second-order valence-electron chi connectivity index (χ2n) is 12.4. The Bertz CT molecular complexity index is 1920. The zero-order valence-corrected chi connectivity index (χ0v) is 29.5. The number of esters is 1. The highest BCUT2D eigenvalue weighted by Crippen LogP contribution is 2.50. The minimum absolute atomic E-state index is 0.0637. The van der Waals surface area contributed by atoms with Crippen molar-refractivity contribution >= 4 is 11.8 Å². The number of benzene rings is 5. The maximum absolute atomic E-state index is 14.5. The molecule has 0 amide bonds. The number of aliphatic hydroxyl groups is 1. The maximum Gasteiger partial charge on any atom is 0.341 e. The van der Waals surface area contributed by atoms with Crippen LogP contribution in [0, 0.1) is 0 Å². The molecule has 0 aromatic heterocycles. The molecule has 8 heteroatoms. The number of hydrogen-bond acceptors (Lipinski definition) is 8. The number of ether oxygens (including phenoxy) is 4. The third-order valence-corrected chi connectivity index (χ3v) is 9.38. The Hall–Kier alpha value is -5.60. The van der Waals surface area contributed by atoms with Crippen LogP contribution in [0.25, 0.3) is 0 Å². The summed E-state index contributed by atoms with van der Waals surface area (Å²) in [5, 5.41) is 9.77. The second-order valence-corrected chi connectivity index (χ2v) is 12.4. The quantitative estimate of drug-likeness (QED) is 0.122. The number of methoxy groups -OCH3 is 3. The molecule has 0 spiro atoms. The van der Waals surface area contributed by atoms with Crippen LogP contribution in [-0.2, 0) is 41.1 Å². The number of carbonyl (C=O) groups is 1. The summed E-state index contributed by atoms with van der Waals surface area (Å²) in [7, 11) is 4.84. The Labute approximate surface area is 299 Å². The van der Waals surface area contributed by atoms with E-state index in [1.165, 1.54) is 0 Å². The lowest BCUT2D eigenvalue weighted by molar-refractivity contribution is -0.151. The number of carbonyl (C=O) groups excluding carboxylic acids is 1. The molecule has 2 atom stereocenters. The molecular formula is C43H44N2O6. The maximum atomic E-state index is 14.5. The Balaban J connectivity index is 1.44. The molecule has 1 aliphatic heterocycles. The summed E-state index contributed by atoms with van der Waals surface area (Å²) in [6, 6.07) is 39.5. The SMILES string of the molecule is CCOC(=O)[C@]1(c2ccccc2)N=C(c2ccc(CO)cc2)N(Cc2ccccc2)[C@@H]1c1ccc(CCc2cc(OC)c(OC)c(OC)c2)cc1. The minimum atomic E-state index is -1.39. The lowest BCUT2D eigenvalue weighted by Gasteiger charge is -2.37. The van der Waals surface area contributed by atoms with Gasteiger partial charge in [0.2, 0.25) is 11.3 Å². The Morgan fingerprint density at radius 2 is 1.31 bits per heavy atom. The molecule has 0 bridgehead atoms. The van der Waals surface area contributed by atoms with Crippen LogP contribution in [0.3, 0.4) is 0 Å². The van der Waals surface area contributed by atoms with Crippen molar-refractivity contribution in [2.24, 2.45) is 4.99 Å². The molecule has 0 unspecified atom stereocenters. The van der Waals surface area contributed by atoms with Crippen molar-refractivity contribution in [3.05, 3.63) is 160 Å². The summed E-state index contributed by atoms with van der Waals surface area (Å²) in [6.07, 6.45) is 1.53. The molecule has 1 heterocycles. The first-order valence-corrected chi connectivity index (χ1v) is 17.2. The molecular weight excluding hydrogens is 640 g/mol. The van der Waals surface area contributed by atoms with E-state index in [4.69, 9.17) is 23.9 Å². The van der Waals surface area contributed by atoms with E-state index in [9.17, 15) is 9.90 Å². The highest BCUT2D eigenvalue weighted by atomic mass is 16.5. The van der Waals surface area contributed by atoms with E-state index >= 15 is 0 Å². The number of aliphatic hydroxyl groups excluding tert-OH is 1. The molecule has 0 aliphatic carbocycles. The average molecular weight is 685 g/mol. The summed E-state index contributed by atoms with van der Waals surface area (Å²) >= 11 is 0. The molecule has 0 saturated heterocycles. The van der Waals surface area contributed by atoms with E-state index in [-0.39, 0.29) is 13.2 Å². The fourth-order valence-corrected chi connectivity index (χ4v) is 6.86. The smallest absolute Gasteiger partial charge is 0.341 e. The summed E-state index contributed by atoms with van der Waals surface area (Å²) in [4.78, 5) is 22.1. The summed E-state index contributed by atoms with van der Waals surface area (Å²) < 4.78 is 22.5. The fourth-order valence-electron chi connectivity index (χ4n) is 6.86. The number of aliphatic imine (C=N–C) groups is 1. The van der Waals surface area contributed by atoms with Crippen molar-refractivity contribution in [2.45, 2.75) is 44.5 Å². The van der Waals surface area contributed by atoms with Crippen LogP contribution < -0.4 is 14.2 Å². The van der Waals surface area contributed by atoms with Crippen LogP contribution in [0.15, 0.2) is 126 Å². The third-order valence-electron chi connectivity index (χ3n) is 9.38. The van der Waals surface area contributed by atoms with E-state index in [2.05, 4.69) is 41.3 Å². The van der Waals surface area contributed by atoms with Gasteiger partial charge in [-0.2, -0.15) is 0 Å². The average Bonchev–Trinajstić information content (AvgIpc) is 3.53. The summed E-state index contributed by atoms with van der Waals surface area (Å²) in [5.41, 5.74) is 5.22. The Morgan fingerprint density at radius 3 is 1.88 bits per heavy atom. The van der Waals surface area contributed by atoms with Crippen LogP contribution in [0.4, 0.5) is 0 Å². The lowest BCUT2D eigenvalue weighted by atomic mass is 9.79. The Morgan fingerprint density at radius 1 is 0.725 bits per heavy atom. The number of amidine groups is 1. The highest BCUT2D eigenvalue weighted by Gasteiger charge is 2.57. The molecule has 0 saturated carbocycles. The molecule has 1 aliphatic rings. The van der Waals surface area contributed by atoms with Crippen LogP contribution in [-0.4, -0.2) is 49.7 Å². The minimum Gasteiger partial charge on any atom is -0.493 e. The van der Waals surface area contributed by atoms with E-state index in [0.717, 1.165) is 51.8 Å². The molecule has 51 heavy (non-hydrogen) atoms. The van der Waals surface area contributed by atoms with Crippen LogP contribution in [0.2, 0.25) is 0 Å². The van der Waals surface area contributed by atoms with Crippen molar-refractivity contribution in [2.75, 3.05) is 27.9 Å². The van der Waals surface area contributed by atoms with E-state index in [0.29, 0.717) is 29.6 Å². The number of aryl methyl sites for hydroxylation is 2. The van der Waals surface area contributed by atoms with Gasteiger partial charge in [-0.15, -0.1) is 0 Å². The second kappa shape index (κ2) is 16.0. The predicted octanol–water partition coefficient (Wildman–Crippen LogP) is 7.45. The van der Waals surface area contributed by atoms with E-state index in [1.807, 2.05) is 91.9 Å². The number of rotatable bonds is 14. The van der Waals surface area contributed by atoms with Crippen LogP contribution >= 0.6 is 0 Å². The molecule has 0 radical (unpaired) electrons. The van der Waals surface area contributed by atoms with Crippen LogP contribution in [0.5, 0.6) is 17.2 Å². The van der Waals surface area contributed by atoms with Gasteiger partial charge in [0.05, 0.1) is 40.6 Å². The standard InChI is InChI=1S/C43H44N2O6/c1-5-51-42(47)43(36-14-10-7-11-15-36)40(45(28-31-12-8-6-9-13-31)41(44-43)35-24-20-32(29-46)21-25-35)34-22-18-30(19-23-34)16-17-33-26-37(48-2)39(50-4)38(27-33)49-3/h6-15,18-27,40,46H,5,16-17,28-29H2,1-4H3/t40-,43-/m1/s1. The first-order valence-electron chi connectivity index (χ1n) is 17.2. The van der Waals surface area contributed by atoms with Gasteiger partial charge in [0.1, 0.15) is 5.84 Å². The number of hydrogen-bond donors (Lipinski definition) is 1. The Kier molecular flexibility index (Phi) is 11.0. The van der Waals surface area contributed by atoms with Crippen LogP contribution in [0.1, 0.15) is 51.9 Å². The summed E-state index contributed by atoms with van der Waals surface area (Å²) in [5.74, 6) is 2.09. The number of nitrogens with zero attached hydrogens (tertiary/aromatic N) is 2. The monoisotopic (exact) mass is 684 g/mol. The van der Waals surface area contributed by atoms with Gasteiger partial charge >= 0.3 is 5.97 Å². The van der Waals surface area contributed by atoms with E-state index < -0.39 is 17.6 Å². The predicted molar refractivity (Wildman–Crippen MR) is 198 cm³/mol. The van der Waals surface area contributed by atoms with Gasteiger partial charge in [-0.1, -0.05) is 109 Å². The molecule has 6 rings (SSSR count). The van der Waals surface area contributed by atoms with Gasteiger partial charge in [0, 0.05) is 12.1 Å². The van der Waals surface area contributed by atoms with Gasteiger partial charge in [-0.25, -0.2) is 9.79 Å². The molecule has 262 valence electrons. The first-order chi connectivity index (χ1) is 24.9. The lowest BCUT2D eigenvalue weighted by Crippen LogP contribution is -2.44. The zero-order valence-electron chi connectivity index (χ0n) is 29.5. The van der Waals surface area contributed by atoms with E-state index in [1.54, 1.807) is 21.3 Å². The van der Waals surface area contributed by atoms with Gasteiger partial charge in [-0.05, 0) is 65.3 Å². The van der Waals surface area contributed by atoms with Crippen molar-refractivity contribution in [3.63, 3.8) is 0 Å². The molecule has 1 N–H and O–H groups in total. The largest absolute Gasteiger partial charge is 0.493 e. The van der Waals surface area contributed by atoms with Crippen molar-refractivity contribution in [3.8, 4) is 17.2 Å². The topological polar surface area (TPSA) is 89.8 Å². The zero-order chi connectivity index (χ0) is 35.8. The van der Waals surface area contributed by atoms with Gasteiger partial charge in [0.15, 0.2) is 11.5 Å². The highest BCUT2D eigenvalue weighted by molar-refractivity contribution is 6.04. The van der Waals surface area contributed by atoms with Gasteiger partial charge in [0.25, 0.3) is 0 Å². The molecule has 5 aromatic carbocycles. The molecule has 0 fully saturated rings. The van der Waals surface area contributed by atoms with Crippen molar-refractivity contribution < 1.29 is 28.8 Å². The summed E-state index contributed by atoms with van der Waals surface area (Å²) in [6.45, 7) is 2.48. The van der Waals surface area contributed by atoms with Gasteiger partial charge in [-0.3, -0.25) is 0 Å². The van der Waals surface area contributed by atoms with Crippen molar-refractivity contribution in [1.29, 1.82) is 0 Å². The van der Waals surface area contributed by atoms with Crippen molar-refractivity contribution in [1.82, 2.24) is 4.90 Å². The van der Waals surface area contributed by atoms with Gasteiger partial charge < -0.3 is 29.0 Å². The third kappa shape index (κ3) is 7.19. The molecule has 8 nitrogen and oxygen atoms in total. The molecule has 5 aromatic rings.